The third-order valence-corrected chi connectivity index (χ3v) is 4.27. The fraction of sp³-hybridized carbons (Fsp3) is 0.0526. The highest BCUT2D eigenvalue weighted by atomic mass is 16.2. The van der Waals surface area contributed by atoms with Gasteiger partial charge in [0.15, 0.2) is 5.54 Å². The highest BCUT2D eigenvalue weighted by molar-refractivity contribution is 6.11. The van der Waals surface area contributed by atoms with E-state index in [-0.39, 0.29) is 5.91 Å². The van der Waals surface area contributed by atoms with Crippen LogP contribution in [0.4, 0.5) is 4.79 Å². The molecule has 0 spiro atoms. The molecule has 4 heteroatoms. The number of hydrogen-bond acceptors (Lipinski definition) is 2. The van der Waals surface area contributed by atoms with Gasteiger partial charge in [-0.15, -0.1) is 0 Å². The smallest absolute Gasteiger partial charge is 0.316 e. The lowest BCUT2D eigenvalue weighted by Gasteiger charge is -2.28. The van der Waals surface area contributed by atoms with Crippen molar-refractivity contribution in [1.29, 1.82) is 0 Å². The molecule has 4 rings (SSSR count). The van der Waals surface area contributed by atoms with Crippen molar-refractivity contribution in [3.8, 4) is 0 Å². The minimum atomic E-state index is -1.21. The van der Waals surface area contributed by atoms with Crippen LogP contribution < -0.4 is 10.6 Å². The van der Waals surface area contributed by atoms with Crippen molar-refractivity contribution in [3.05, 3.63) is 83.9 Å². The summed E-state index contributed by atoms with van der Waals surface area (Å²) in [5.74, 6) is -0.356. The van der Waals surface area contributed by atoms with Gasteiger partial charge in [0, 0.05) is 0 Å². The molecule has 0 aliphatic carbocycles. The molecule has 1 saturated heterocycles. The van der Waals surface area contributed by atoms with Crippen LogP contribution in [0.15, 0.2) is 72.8 Å². The molecule has 4 nitrogen and oxygen atoms in total. The highest BCUT2D eigenvalue weighted by Gasteiger charge is 2.49. The van der Waals surface area contributed by atoms with E-state index in [4.69, 9.17) is 0 Å². The Balaban J connectivity index is 2.07. The Morgan fingerprint density at radius 1 is 0.739 bits per heavy atom. The molecule has 1 aliphatic rings. The zero-order valence-electron chi connectivity index (χ0n) is 12.2. The van der Waals surface area contributed by atoms with Crippen molar-refractivity contribution in [2.45, 2.75) is 5.54 Å². The van der Waals surface area contributed by atoms with Gasteiger partial charge in [0.1, 0.15) is 0 Å². The van der Waals surface area contributed by atoms with E-state index >= 15 is 0 Å². The van der Waals surface area contributed by atoms with Crippen LogP contribution in [0, 0.1) is 0 Å². The van der Waals surface area contributed by atoms with E-state index in [1.165, 1.54) is 0 Å². The van der Waals surface area contributed by atoms with E-state index in [9.17, 15) is 9.59 Å². The van der Waals surface area contributed by atoms with Crippen molar-refractivity contribution in [3.63, 3.8) is 0 Å². The average Bonchev–Trinajstić information content (AvgIpc) is 2.90. The molecule has 0 saturated carbocycles. The Bertz CT molecular complexity index is 916. The molecular weight excluding hydrogens is 288 g/mol. The first kappa shape index (κ1) is 13.5. The lowest BCUT2D eigenvalue weighted by Crippen LogP contribution is -2.45. The Hall–Kier alpha value is -3.14. The molecule has 1 atom stereocenters. The van der Waals surface area contributed by atoms with Gasteiger partial charge in [-0.3, -0.25) is 10.1 Å². The van der Waals surface area contributed by atoms with Crippen LogP contribution in [0.2, 0.25) is 0 Å². The zero-order valence-corrected chi connectivity index (χ0v) is 12.2. The van der Waals surface area contributed by atoms with E-state index in [0.29, 0.717) is 0 Å². The predicted molar refractivity (Wildman–Crippen MR) is 87.8 cm³/mol. The maximum atomic E-state index is 12.8. The Morgan fingerprint density at radius 3 is 2.17 bits per heavy atom. The molecule has 3 aromatic carbocycles. The summed E-state index contributed by atoms with van der Waals surface area (Å²) >= 11 is 0. The van der Waals surface area contributed by atoms with Crippen LogP contribution in [0.3, 0.4) is 0 Å². The molecule has 0 aromatic heterocycles. The lowest BCUT2D eigenvalue weighted by molar-refractivity contribution is -0.122. The van der Waals surface area contributed by atoms with Gasteiger partial charge in [0.05, 0.1) is 0 Å². The van der Waals surface area contributed by atoms with Gasteiger partial charge < -0.3 is 5.32 Å². The molecule has 0 radical (unpaired) electrons. The number of hydrogen-bond donors (Lipinski definition) is 2. The summed E-state index contributed by atoms with van der Waals surface area (Å²) in [5, 5.41) is 7.19. The summed E-state index contributed by atoms with van der Waals surface area (Å²) in [4.78, 5) is 24.7. The molecule has 112 valence electrons. The van der Waals surface area contributed by atoms with Gasteiger partial charge >= 0.3 is 6.03 Å². The van der Waals surface area contributed by atoms with Crippen molar-refractivity contribution in [2.75, 3.05) is 0 Å². The summed E-state index contributed by atoms with van der Waals surface area (Å²) < 4.78 is 0. The van der Waals surface area contributed by atoms with Gasteiger partial charge in [-0.2, -0.15) is 0 Å². The number of amides is 3. The second kappa shape index (κ2) is 4.95. The molecular formula is C19H14N2O2. The number of carbonyl (C=O) groups excluding carboxylic acids is 2. The summed E-state index contributed by atoms with van der Waals surface area (Å²) in [6, 6.07) is 22.5. The van der Waals surface area contributed by atoms with Crippen LogP contribution in [-0.4, -0.2) is 11.9 Å². The van der Waals surface area contributed by atoms with Crippen LogP contribution in [0.5, 0.6) is 0 Å². The summed E-state index contributed by atoms with van der Waals surface area (Å²) in [6.07, 6.45) is 0. The van der Waals surface area contributed by atoms with Gasteiger partial charge in [-0.25, -0.2) is 4.79 Å². The highest BCUT2D eigenvalue weighted by Crippen LogP contribution is 2.36. The first-order valence-electron chi connectivity index (χ1n) is 7.39. The fourth-order valence-corrected chi connectivity index (χ4v) is 3.24. The van der Waals surface area contributed by atoms with Gasteiger partial charge in [0.25, 0.3) is 5.91 Å². The Morgan fingerprint density at radius 2 is 1.43 bits per heavy atom. The third-order valence-electron chi connectivity index (χ3n) is 4.27. The zero-order chi connectivity index (χ0) is 15.9. The molecule has 1 aliphatic heterocycles. The minimum absolute atomic E-state index is 0.356. The minimum Gasteiger partial charge on any atom is -0.316 e. The fourth-order valence-electron chi connectivity index (χ4n) is 3.24. The maximum absolute atomic E-state index is 12.8. The van der Waals surface area contributed by atoms with Gasteiger partial charge in [0.2, 0.25) is 0 Å². The molecule has 1 unspecified atom stereocenters. The topological polar surface area (TPSA) is 58.2 Å². The summed E-state index contributed by atoms with van der Waals surface area (Å²) in [7, 11) is 0. The summed E-state index contributed by atoms with van der Waals surface area (Å²) in [6.45, 7) is 0. The number of benzene rings is 3. The number of rotatable bonds is 2. The largest absolute Gasteiger partial charge is 0.322 e. The molecule has 2 N–H and O–H groups in total. The second-order valence-corrected chi connectivity index (χ2v) is 5.55. The number of carbonyl (C=O) groups is 2. The van der Waals surface area contributed by atoms with Crippen LogP contribution in [0.1, 0.15) is 11.1 Å². The van der Waals surface area contributed by atoms with Crippen LogP contribution in [0.25, 0.3) is 10.8 Å². The number of nitrogens with one attached hydrogen (secondary N) is 2. The van der Waals surface area contributed by atoms with Crippen molar-refractivity contribution >= 4 is 22.7 Å². The molecule has 23 heavy (non-hydrogen) atoms. The maximum Gasteiger partial charge on any atom is 0.322 e. The Labute approximate surface area is 133 Å². The molecule has 1 heterocycles. The standard InChI is InChI=1S/C19H14N2O2/c22-17-19(21-18(23)20-17,14-9-2-1-3-10-14)16-12-6-8-13-7-4-5-11-15(13)16/h1-12H,(H2,20,21,22,23). The second-order valence-electron chi connectivity index (χ2n) is 5.55. The normalized spacial score (nSPS) is 20.3. The van der Waals surface area contributed by atoms with Crippen molar-refractivity contribution in [2.24, 2.45) is 0 Å². The predicted octanol–water partition coefficient (Wildman–Crippen LogP) is 2.92. The molecule has 3 amide bonds. The van der Waals surface area contributed by atoms with E-state index in [0.717, 1.165) is 21.9 Å². The monoisotopic (exact) mass is 302 g/mol. The first-order valence-corrected chi connectivity index (χ1v) is 7.39. The van der Waals surface area contributed by atoms with E-state index < -0.39 is 11.6 Å². The number of fused-ring (bicyclic) bond motifs is 1. The molecule has 3 aromatic rings. The quantitative estimate of drug-likeness (QED) is 0.715. The van der Waals surface area contributed by atoms with Crippen LogP contribution in [-0.2, 0) is 10.3 Å². The van der Waals surface area contributed by atoms with Crippen molar-refractivity contribution < 1.29 is 9.59 Å². The van der Waals surface area contributed by atoms with Crippen molar-refractivity contribution in [1.82, 2.24) is 10.6 Å². The number of imide groups is 1. The van der Waals surface area contributed by atoms with E-state index in [1.54, 1.807) is 0 Å². The van der Waals surface area contributed by atoms with Gasteiger partial charge in [-0.1, -0.05) is 72.8 Å². The first-order chi connectivity index (χ1) is 11.2. The third kappa shape index (κ3) is 1.92. The van der Waals surface area contributed by atoms with E-state index in [1.807, 2.05) is 72.8 Å². The number of urea groups is 1. The lowest BCUT2D eigenvalue weighted by atomic mass is 9.80. The molecule has 0 bridgehead atoms. The average molecular weight is 302 g/mol. The van der Waals surface area contributed by atoms with Gasteiger partial charge in [-0.05, 0) is 21.9 Å². The SMILES string of the molecule is O=C1NC(=O)C(c2ccccc2)(c2cccc3ccccc23)N1. The Kier molecular flexibility index (Phi) is 2.91. The van der Waals surface area contributed by atoms with Crippen LogP contribution >= 0.6 is 0 Å². The van der Waals surface area contributed by atoms with E-state index in [2.05, 4.69) is 10.6 Å². The summed E-state index contributed by atoms with van der Waals surface area (Å²) in [5.41, 5.74) is 0.295. The molecule has 1 fully saturated rings.